The number of rotatable bonds is 5. The van der Waals surface area contributed by atoms with Crippen molar-refractivity contribution in [2.24, 2.45) is 0 Å². The number of benzene rings is 1. The molecule has 2 heterocycles. The summed E-state index contributed by atoms with van der Waals surface area (Å²) in [5.41, 5.74) is 0.906. The molecule has 0 aliphatic carbocycles. The van der Waals surface area contributed by atoms with Crippen molar-refractivity contribution >= 4 is 10.2 Å². The average molecular weight is 353 g/mol. The Balaban J connectivity index is 1.78. The van der Waals surface area contributed by atoms with Crippen LogP contribution in [0.1, 0.15) is 36.1 Å². The zero-order valence-corrected chi connectivity index (χ0v) is 14.5. The topological polar surface area (TPSA) is 66.7 Å². The maximum Gasteiger partial charge on any atom is 0.282 e. The maximum absolute atomic E-state index is 13.0. The fourth-order valence-corrected chi connectivity index (χ4v) is 4.13. The lowest BCUT2D eigenvalue weighted by molar-refractivity contribution is 0.306. The Morgan fingerprint density at radius 1 is 1.33 bits per heavy atom. The van der Waals surface area contributed by atoms with Crippen molar-refractivity contribution < 1.29 is 17.2 Å². The third-order valence-electron chi connectivity index (χ3n) is 4.11. The summed E-state index contributed by atoms with van der Waals surface area (Å²) in [5, 5.41) is 0. The Morgan fingerprint density at radius 3 is 2.71 bits per heavy atom. The van der Waals surface area contributed by atoms with E-state index in [1.807, 2.05) is 0 Å². The Labute approximate surface area is 141 Å². The van der Waals surface area contributed by atoms with Gasteiger partial charge < -0.3 is 4.42 Å². The lowest BCUT2D eigenvalue weighted by Gasteiger charge is -2.25. The summed E-state index contributed by atoms with van der Waals surface area (Å²) < 4.78 is 46.1. The van der Waals surface area contributed by atoms with Gasteiger partial charge in [0, 0.05) is 27.1 Å². The smallest absolute Gasteiger partial charge is 0.282 e. The molecule has 1 aromatic carbocycles. The molecule has 0 saturated carbocycles. The molecule has 6 nitrogen and oxygen atoms in total. The van der Waals surface area contributed by atoms with E-state index in [0.717, 1.165) is 12.0 Å². The zero-order valence-electron chi connectivity index (χ0n) is 13.6. The summed E-state index contributed by atoms with van der Waals surface area (Å²) in [4.78, 5) is 4.27. The van der Waals surface area contributed by atoms with E-state index in [9.17, 15) is 12.8 Å². The second-order valence-electron chi connectivity index (χ2n) is 6.03. The van der Waals surface area contributed by atoms with Crippen molar-refractivity contribution in [2.75, 3.05) is 20.6 Å². The molecule has 0 amide bonds. The number of halogens is 1. The van der Waals surface area contributed by atoms with E-state index in [2.05, 4.69) is 4.98 Å². The van der Waals surface area contributed by atoms with Crippen LogP contribution in [0.2, 0.25) is 0 Å². The van der Waals surface area contributed by atoms with Gasteiger partial charge in [0.05, 0.1) is 6.20 Å². The second-order valence-corrected chi connectivity index (χ2v) is 8.12. The number of hydrogen-bond acceptors (Lipinski definition) is 4. The van der Waals surface area contributed by atoms with Gasteiger partial charge in [0.25, 0.3) is 10.2 Å². The molecule has 1 aliphatic heterocycles. The maximum atomic E-state index is 13.0. The molecule has 1 fully saturated rings. The number of oxazole rings is 1. The minimum absolute atomic E-state index is 0.285. The van der Waals surface area contributed by atoms with Gasteiger partial charge in [-0.3, -0.25) is 0 Å². The van der Waals surface area contributed by atoms with E-state index in [1.165, 1.54) is 34.8 Å². The highest BCUT2D eigenvalue weighted by molar-refractivity contribution is 7.86. The molecule has 130 valence electrons. The number of nitrogens with zero attached hydrogens (tertiary/aromatic N) is 3. The van der Waals surface area contributed by atoms with Crippen molar-refractivity contribution in [1.29, 1.82) is 0 Å². The van der Waals surface area contributed by atoms with E-state index in [4.69, 9.17) is 4.42 Å². The Bertz CT molecular complexity index is 802. The molecule has 1 atom stereocenters. The summed E-state index contributed by atoms with van der Waals surface area (Å²) in [6.45, 7) is 0.459. The predicted octanol–water partition coefficient (Wildman–Crippen LogP) is 2.35. The van der Waals surface area contributed by atoms with Crippen molar-refractivity contribution in [3.05, 3.63) is 53.5 Å². The lowest BCUT2D eigenvalue weighted by Crippen LogP contribution is -2.39. The third kappa shape index (κ3) is 3.35. The van der Waals surface area contributed by atoms with Crippen LogP contribution in [-0.2, 0) is 16.6 Å². The van der Waals surface area contributed by atoms with Gasteiger partial charge in [0.1, 0.15) is 17.6 Å². The molecule has 0 N–H and O–H groups in total. The predicted molar refractivity (Wildman–Crippen MR) is 87.0 cm³/mol. The molecule has 0 radical (unpaired) electrons. The van der Waals surface area contributed by atoms with Crippen LogP contribution in [0.25, 0.3) is 0 Å². The fraction of sp³-hybridized carbons (Fsp3) is 0.438. The molecule has 1 aliphatic rings. The van der Waals surface area contributed by atoms with Gasteiger partial charge in [-0.25, -0.2) is 9.37 Å². The third-order valence-corrected chi connectivity index (χ3v) is 6.06. The molecular formula is C16H20FN3O3S. The normalized spacial score (nSPS) is 19.2. The van der Waals surface area contributed by atoms with Crippen molar-refractivity contribution in [3.8, 4) is 0 Å². The van der Waals surface area contributed by atoms with Crippen LogP contribution in [-0.4, -0.2) is 42.7 Å². The molecule has 8 heteroatoms. The van der Waals surface area contributed by atoms with Gasteiger partial charge in [0.2, 0.25) is 5.89 Å². The lowest BCUT2D eigenvalue weighted by atomic mass is 10.1. The molecule has 1 saturated heterocycles. The summed E-state index contributed by atoms with van der Waals surface area (Å²) >= 11 is 0. The Morgan fingerprint density at radius 2 is 2.04 bits per heavy atom. The van der Waals surface area contributed by atoms with Gasteiger partial charge >= 0.3 is 0 Å². The molecule has 0 spiro atoms. The summed E-state index contributed by atoms with van der Waals surface area (Å²) in [5.74, 6) is 0.758. The first kappa shape index (κ1) is 17.1. The first-order chi connectivity index (χ1) is 11.4. The molecule has 0 bridgehead atoms. The molecule has 3 rings (SSSR count). The van der Waals surface area contributed by atoms with Crippen LogP contribution >= 0.6 is 0 Å². The highest BCUT2D eigenvalue weighted by Crippen LogP contribution is 2.34. The molecule has 1 aromatic heterocycles. The highest BCUT2D eigenvalue weighted by atomic mass is 32.2. The van der Waals surface area contributed by atoms with Crippen molar-refractivity contribution in [1.82, 2.24) is 13.6 Å². The van der Waals surface area contributed by atoms with Crippen LogP contribution in [0.5, 0.6) is 0 Å². The van der Waals surface area contributed by atoms with Crippen LogP contribution in [0.4, 0.5) is 4.39 Å². The largest absolute Gasteiger partial charge is 0.444 e. The highest BCUT2D eigenvalue weighted by Gasteiger charge is 2.39. The second kappa shape index (κ2) is 6.62. The van der Waals surface area contributed by atoms with E-state index in [1.54, 1.807) is 18.3 Å². The standard InChI is InChI=1S/C16H20FN3O3S/c1-19(2)24(21,22)20-9-3-4-15(20)16-18-11-14(23-16)10-12-5-7-13(17)8-6-12/h5-8,11,15H,3-4,9-10H2,1-2H3. The van der Waals surface area contributed by atoms with Crippen molar-refractivity contribution in [2.45, 2.75) is 25.3 Å². The fourth-order valence-electron chi connectivity index (χ4n) is 2.83. The van der Waals surface area contributed by atoms with Crippen LogP contribution in [0, 0.1) is 5.82 Å². The van der Waals surface area contributed by atoms with Gasteiger partial charge in [-0.15, -0.1) is 0 Å². The Hall–Kier alpha value is -1.77. The van der Waals surface area contributed by atoms with E-state index in [-0.39, 0.29) is 11.9 Å². The first-order valence-corrected chi connectivity index (χ1v) is 9.16. The molecule has 1 unspecified atom stereocenters. The van der Waals surface area contributed by atoms with Crippen LogP contribution in [0.3, 0.4) is 0 Å². The minimum atomic E-state index is -3.50. The number of hydrogen-bond donors (Lipinski definition) is 0. The minimum Gasteiger partial charge on any atom is -0.444 e. The Kier molecular flexibility index (Phi) is 4.71. The summed E-state index contributed by atoms with van der Waals surface area (Å²) in [7, 11) is -0.475. The zero-order chi connectivity index (χ0) is 17.3. The van der Waals surface area contributed by atoms with Gasteiger partial charge in [-0.2, -0.15) is 17.0 Å². The van der Waals surface area contributed by atoms with Crippen LogP contribution < -0.4 is 0 Å². The van der Waals surface area contributed by atoms with Gasteiger partial charge in [-0.05, 0) is 30.5 Å². The van der Waals surface area contributed by atoms with Crippen molar-refractivity contribution in [3.63, 3.8) is 0 Å². The number of aromatic nitrogens is 1. The van der Waals surface area contributed by atoms with Crippen LogP contribution in [0.15, 0.2) is 34.9 Å². The monoisotopic (exact) mass is 353 g/mol. The molecular weight excluding hydrogens is 333 g/mol. The van der Waals surface area contributed by atoms with E-state index in [0.29, 0.717) is 31.0 Å². The molecule has 24 heavy (non-hydrogen) atoms. The molecule has 2 aromatic rings. The van der Waals surface area contributed by atoms with Gasteiger partial charge in [0.15, 0.2) is 0 Å². The van der Waals surface area contributed by atoms with E-state index < -0.39 is 10.2 Å². The summed E-state index contributed by atoms with van der Waals surface area (Å²) in [6.07, 6.45) is 3.55. The quantitative estimate of drug-likeness (QED) is 0.828. The first-order valence-electron chi connectivity index (χ1n) is 7.76. The average Bonchev–Trinajstić information content (AvgIpc) is 3.18. The summed E-state index contributed by atoms with van der Waals surface area (Å²) in [6, 6.07) is 5.80. The SMILES string of the molecule is CN(C)S(=O)(=O)N1CCCC1c1ncc(Cc2ccc(F)cc2)o1. The van der Waals surface area contributed by atoms with Gasteiger partial charge in [-0.1, -0.05) is 12.1 Å². The van der Waals surface area contributed by atoms with E-state index >= 15 is 0 Å².